The number of nitrogens with one attached hydrogen (secondary N) is 1. The Bertz CT molecular complexity index is 205. The van der Waals surface area contributed by atoms with Gasteiger partial charge >= 0.3 is 0 Å². The van der Waals surface area contributed by atoms with Gasteiger partial charge in [-0.2, -0.15) is 0 Å². The summed E-state index contributed by atoms with van der Waals surface area (Å²) in [5.41, 5.74) is 0. The summed E-state index contributed by atoms with van der Waals surface area (Å²) in [6, 6.07) is 1.49. The van der Waals surface area contributed by atoms with Gasteiger partial charge in [0.25, 0.3) is 0 Å². The molecule has 3 unspecified atom stereocenters. The highest BCUT2D eigenvalue weighted by Crippen LogP contribution is 2.23. The summed E-state index contributed by atoms with van der Waals surface area (Å²) in [5.74, 6) is 0.829. The molecule has 2 heteroatoms. The van der Waals surface area contributed by atoms with Crippen molar-refractivity contribution in [2.24, 2.45) is 5.92 Å². The minimum absolute atomic E-state index is 0.724. The molecule has 1 rings (SSSR count). The van der Waals surface area contributed by atoms with E-state index in [-0.39, 0.29) is 0 Å². The molecule has 1 saturated carbocycles. The predicted octanol–water partition coefficient (Wildman–Crippen LogP) is 3.67. The third kappa shape index (κ3) is 4.89. The Morgan fingerprint density at radius 3 is 2.44 bits per heavy atom. The summed E-state index contributed by atoms with van der Waals surface area (Å²) in [7, 11) is 0. The predicted molar refractivity (Wildman–Crippen MR) is 81.0 cm³/mol. The molecular weight excluding hydrogens is 220 g/mol. The molecule has 0 aromatic rings. The summed E-state index contributed by atoms with van der Waals surface area (Å²) >= 11 is 0. The van der Waals surface area contributed by atoms with E-state index in [1.54, 1.807) is 0 Å². The Morgan fingerprint density at radius 1 is 1.11 bits per heavy atom. The molecule has 2 nitrogen and oxygen atoms in total. The zero-order valence-electron chi connectivity index (χ0n) is 13.0. The summed E-state index contributed by atoms with van der Waals surface area (Å²) in [6.07, 6.45) is 8.32. The highest BCUT2D eigenvalue weighted by Gasteiger charge is 2.27. The molecule has 1 fully saturated rings. The average Bonchev–Trinajstić information content (AvgIpc) is 2.62. The van der Waals surface area contributed by atoms with Crippen LogP contribution in [0.15, 0.2) is 0 Å². The molecule has 0 amide bonds. The SMILES string of the molecule is CCNC1CCCCCC1N(CC)CC(C)CC. The van der Waals surface area contributed by atoms with Crippen molar-refractivity contribution < 1.29 is 0 Å². The lowest BCUT2D eigenvalue weighted by Crippen LogP contribution is -2.50. The topological polar surface area (TPSA) is 15.3 Å². The first-order valence-electron chi connectivity index (χ1n) is 8.20. The first kappa shape index (κ1) is 16.0. The largest absolute Gasteiger partial charge is 0.313 e. The van der Waals surface area contributed by atoms with E-state index in [2.05, 4.69) is 37.9 Å². The lowest BCUT2D eigenvalue weighted by molar-refractivity contribution is 0.135. The molecule has 0 radical (unpaired) electrons. The minimum Gasteiger partial charge on any atom is -0.313 e. The first-order chi connectivity index (χ1) is 8.72. The van der Waals surface area contributed by atoms with Gasteiger partial charge in [0.05, 0.1) is 0 Å². The second-order valence-corrected chi connectivity index (χ2v) is 5.97. The van der Waals surface area contributed by atoms with E-state index < -0.39 is 0 Å². The fourth-order valence-electron chi connectivity index (χ4n) is 3.25. The van der Waals surface area contributed by atoms with E-state index in [1.807, 2.05) is 0 Å². The zero-order valence-corrected chi connectivity index (χ0v) is 13.0. The minimum atomic E-state index is 0.724. The number of likely N-dealkylation sites (N-methyl/N-ethyl adjacent to an activating group) is 2. The van der Waals surface area contributed by atoms with Gasteiger partial charge in [0.2, 0.25) is 0 Å². The summed E-state index contributed by atoms with van der Waals surface area (Å²) in [4.78, 5) is 2.74. The maximum Gasteiger partial charge on any atom is 0.0249 e. The van der Waals surface area contributed by atoms with Crippen molar-refractivity contribution in [3.05, 3.63) is 0 Å². The summed E-state index contributed by atoms with van der Waals surface area (Å²) in [5, 5.41) is 3.74. The van der Waals surface area contributed by atoms with Gasteiger partial charge in [0.15, 0.2) is 0 Å². The maximum absolute atomic E-state index is 3.74. The Kier molecular flexibility index (Phi) is 7.92. The number of nitrogens with zero attached hydrogens (tertiary/aromatic N) is 1. The molecule has 0 heterocycles. The normalized spacial score (nSPS) is 27.2. The smallest absolute Gasteiger partial charge is 0.0249 e. The van der Waals surface area contributed by atoms with Crippen LogP contribution in [0.3, 0.4) is 0 Å². The average molecular weight is 254 g/mol. The first-order valence-corrected chi connectivity index (χ1v) is 8.20. The molecule has 1 N–H and O–H groups in total. The molecule has 0 saturated heterocycles. The van der Waals surface area contributed by atoms with Gasteiger partial charge in [-0.3, -0.25) is 4.90 Å². The van der Waals surface area contributed by atoms with E-state index in [9.17, 15) is 0 Å². The van der Waals surface area contributed by atoms with Gasteiger partial charge < -0.3 is 5.32 Å². The molecule has 18 heavy (non-hydrogen) atoms. The zero-order chi connectivity index (χ0) is 13.4. The van der Waals surface area contributed by atoms with E-state index in [4.69, 9.17) is 0 Å². The van der Waals surface area contributed by atoms with Crippen molar-refractivity contribution in [2.45, 2.75) is 78.3 Å². The van der Waals surface area contributed by atoms with Crippen molar-refractivity contribution in [1.29, 1.82) is 0 Å². The standard InChI is InChI=1S/C16H34N2/c1-5-14(4)13-18(7-3)16-12-10-8-9-11-15(16)17-6-2/h14-17H,5-13H2,1-4H3. The Morgan fingerprint density at radius 2 is 1.83 bits per heavy atom. The number of hydrogen-bond donors (Lipinski definition) is 1. The maximum atomic E-state index is 3.74. The van der Waals surface area contributed by atoms with E-state index in [0.717, 1.165) is 24.5 Å². The van der Waals surface area contributed by atoms with Gasteiger partial charge in [0, 0.05) is 18.6 Å². The lowest BCUT2D eigenvalue weighted by Gasteiger charge is -2.37. The third-order valence-corrected chi connectivity index (χ3v) is 4.56. The summed E-state index contributed by atoms with van der Waals surface area (Å²) < 4.78 is 0. The monoisotopic (exact) mass is 254 g/mol. The Balaban J connectivity index is 2.64. The quantitative estimate of drug-likeness (QED) is 0.697. The lowest BCUT2D eigenvalue weighted by atomic mass is 9.99. The van der Waals surface area contributed by atoms with Gasteiger partial charge in [-0.25, -0.2) is 0 Å². The van der Waals surface area contributed by atoms with Crippen molar-refractivity contribution in [3.8, 4) is 0 Å². The number of hydrogen-bond acceptors (Lipinski definition) is 2. The fourth-order valence-corrected chi connectivity index (χ4v) is 3.25. The highest BCUT2D eigenvalue weighted by molar-refractivity contribution is 4.86. The Hall–Kier alpha value is -0.0800. The van der Waals surface area contributed by atoms with Crippen molar-refractivity contribution in [3.63, 3.8) is 0 Å². The molecule has 1 aliphatic rings. The third-order valence-electron chi connectivity index (χ3n) is 4.56. The summed E-state index contributed by atoms with van der Waals surface area (Å²) in [6.45, 7) is 12.9. The van der Waals surface area contributed by atoms with Crippen LogP contribution >= 0.6 is 0 Å². The van der Waals surface area contributed by atoms with Crippen LogP contribution in [0.25, 0.3) is 0 Å². The van der Waals surface area contributed by atoms with Crippen LogP contribution in [0, 0.1) is 5.92 Å². The molecular formula is C16H34N2. The molecule has 0 bridgehead atoms. The molecule has 108 valence electrons. The van der Waals surface area contributed by atoms with Gasteiger partial charge in [0.1, 0.15) is 0 Å². The second-order valence-electron chi connectivity index (χ2n) is 5.97. The molecule has 1 aliphatic carbocycles. The molecule has 0 aliphatic heterocycles. The van der Waals surface area contributed by atoms with Gasteiger partial charge in [-0.1, -0.05) is 53.4 Å². The van der Waals surface area contributed by atoms with Gasteiger partial charge in [-0.15, -0.1) is 0 Å². The van der Waals surface area contributed by atoms with E-state index in [0.29, 0.717) is 0 Å². The van der Waals surface area contributed by atoms with Crippen molar-refractivity contribution >= 4 is 0 Å². The van der Waals surface area contributed by atoms with Crippen LogP contribution in [0.1, 0.15) is 66.2 Å². The van der Waals surface area contributed by atoms with Crippen LogP contribution in [0.2, 0.25) is 0 Å². The van der Waals surface area contributed by atoms with E-state index >= 15 is 0 Å². The van der Waals surface area contributed by atoms with Gasteiger partial charge in [-0.05, 0) is 31.8 Å². The van der Waals surface area contributed by atoms with Crippen LogP contribution in [-0.2, 0) is 0 Å². The molecule has 3 atom stereocenters. The fraction of sp³-hybridized carbons (Fsp3) is 1.00. The molecule has 0 aromatic carbocycles. The van der Waals surface area contributed by atoms with Crippen molar-refractivity contribution in [1.82, 2.24) is 10.2 Å². The van der Waals surface area contributed by atoms with Crippen LogP contribution in [0.4, 0.5) is 0 Å². The van der Waals surface area contributed by atoms with Crippen LogP contribution < -0.4 is 5.32 Å². The molecule has 0 spiro atoms. The Labute approximate surface area is 115 Å². The van der Waals surface area contributed by atoms with Crippen LogP contribution in [0.5, 0.6) is 0 Å². The van der Waals surface area contributed by atoms with Crippen molar-refractivity contribution in [2.75, 3.05) is 19.6 Å². The molecule has 0 aromatic heterocycles. The van der Waals surface area contributed by atoms with Crippen LogP contribution in [-0.4, -0.2) is 36.6 Å². The van der Waals surface area contributed by atoms with E-state index in [1.165, 1.54) is 51.6 Å². The second kappa shape index (κ2) is 8.92. The highest BCUT2D eigenvalue weighted by atomic mass is 15.2. The number of rotatable bonds is 7.